The second kappa shape index (κ2) is 4.95. The van der Waals surface area contributed by atoms with Gasteiger partial charge in [-0.15, -0.1) is 0 Å². The minimum absolute atomic E-state index is 0.153. The summed E-state index contributed by atoms with van der Waals surface area (Å²) in [4.78, 5) is 23.5. The smallest absolute Gasteiger partial charge is 0.348 e. The van der Waals surface area contributed by atoms with E-state index in [2.05, 4.69) is 0 Å². The fourth-order valence-corrected chi connectivity index (χ4v) is 1.82. The number of hydrogen-bond donors (Lipinski definition) is 0. The van der Waals surface area contributed by atoms with Crippen molar-refractivity contribution >= 4 is 18.0 Å². The Labute approximate surface area is 120 Å². The Bertz CT molecular complexity index is 588. The van der Waals surface area contributed by atoms with Crippen molar-refractivity contribution < 1.29 is 27.8 Å². The molecule has 0 aromatic heterocycles. The van der Waals surface area contributed by atoms with Crippen LogP contribution < -0.4 is 0 Å². The Morgan fingerprint density at radius 2 is 1.52 bits per heavy atom. The molecular weight excluding hydrogens is 282 g/mol. The third-order valence-corrected chi connectivity index (χ3v) is 2.85. The zero-order chi connectivity index (χ0) is 15.8. The molecule has 0 spiro atoms. The number of alkyl halides is 2. The molecule has 0 N–H and O–H groups in total. The van der Waals surface area contributed by atoms with Crippen LogP contribution in [-0.2, 0) is 25.0 Å². The fourth-order valence-electron chi connectivity index (χ4n) is 1.82. The number of ether oxygens (including phenoxy) is 2. The quantitative estimate of drug-likeness (QED) is 0.478. The standard InChI is InChI=1S/C15H14F2O4/c1-14(2)20-12(18)11(13(19)21-14)8-9-4-6-10(7-5-9)15(3,16)17/h4-8H,1-3H3. The van der Waals surface area contributed by atoms with Crippen molar-refractivity contribution in [3.63, 3.8) is 0 Å². The van der Waals surface area contributed by atoms with Gasteiger partial charge < -0.3 is 9.47 Å². The largest absolute Gasteiger partial charge is 0.419 e. The lowest BCUT2D eigenvalue weighted by Gasteiger charge is -2.29. The number of carbonyl (C=O) groups excluding carboxylic acids is 2. The van der Waals surface area contributed by atoms with E-state index < -0.39 is 23.6 Å². The highest BCUT2D eigenvalue weighted by Crippen LogP contribution is 2.28. The van der Waals surface area contributed by atoms with Gasteiger partial charge in [0.2, 0.25) is 0 Å². The van der Waals surface area contributed by atoms with Crippen molar-refractivity contribution in [3.05, 3.63) is 41.0 Å². The summed E-state index contributed by atoms with van der Waals surface area (Å²) in [5.74, 6) is -5.86. The number of benzene rings is 1. The number of carbonyl (C=O) groups is 2. The van der Waals surface area contributed by atoms with Crippen molar-refractivity contribution in [1.29, 1.82) is 0 Å². The molecule has 1 heterocycles. The first kappa shape index (κ1) is 15.2. The molecule has 0 atom stereocenters. The summed E-state index contributed by atoms with van der Waals surface area (Å²) in [6, 6.07) is 5.24. The first-order valence-corrected chi connectivity index (χ1v) is 6.25. The molecule has 0 saturated carbocycles. The average Bonchev–Trinajstić information content (AvgIpc) is 2.32. The van der Waals surface area contributed by atoms with Crippen LogP contribution in [-0.4, -0.2) is 17.7 Å². The Kier molecular flexibility index (Phi) is 3.57. The fraction of sp³-hybridized carbons (Fsp3) is 0.333. The van der Waals surface area contributed by atoms with E-state index in [1.165, 1.54) is 44.2 Å². The molecule has 6 heteroatoms. The van der Waals surface area contributed by atoms with Crippen LogP contribution in [0.5, 0.6) is 0 Å². The maximum Gasteiger partial charge on any atom is 0.348 e. The minimum atomic E-state index is -2.95. The number of cyclic esters (lactones) is 2. The molecule has 0 aliphatic carbocycles. The average molecular weight is 296 g/mol. The second-order valence-electron chi connectivity index (χ2n) is 5.25. The van der Waals surface area contributed by atoms with Gasteiger partial charge in [0.05, 0.1) is 0 Å². The lowest BCUT2D eigenvalue weighted by atomic mass is 10.0. The van der Waals surface area contributed by atoms with Gasteiger partial charge in [0, 0.05) is 26.3 Å². The third-order valence-electron chi connectivity index (χ3n) is 2.85. The van der Waals surface area contributed by atoms with Crippen LogP contribution in [0.2, 0.25) is 0 Å². The van der Waals surface area contributed by atoms with E-state index in [1.54, 1.807) is 0 Å². The summed E-state index contributed by atoms with van der Waals surface area (Å²) in [5, 5.41) is 0. The van der Waals surface area contributed by atoms with Crippen molar-refractivity contribution in [2.24, 2.45) is 0 Å². The van der Waals surface area contributed by atoms with E-state index in [9.17, 15) is 18.4 Å². The molecule has 1 aromatic rings. The van der Waals surface area contributed by atoms with Crippen molar-refractivity contribution in [2.75, 3.05) is 0 Å². The van der Waals surface area contributed by atoms with Gasteiger partial charge in [-0.2, -0.15) is 0 Å². The minimum Gasteiger partial charge on any atom is -0.419 e. The second-order valence-corrected chi connectivity index (χ2v) is 5.25. The SMILES string of the molecule is CC1(C)OC(=O)C(=Cc2ccc(C(C)(F)F)cc2)C(=O)O1. The van der Waals surface area contributed by atoms with Gasteiger partial charge in [-0.25, -0.2) is 18.4 Å². The van der Waals surface area contributed by atoms with Gasteiger partial charge in [0.25, 0.3) is 11.7 Å². The highest BCUT2D eigenvalue weighted by atomic mass is 19.3. The molecule has 0 unspecified atom stereocenters. The van der Waals surface area contributed by atoms with E-state index in [1.807, 2.05) is 0 Å². The molecule has 2 rings (SSSR count). The van der Waals surface area contributed by atoms with Gasteiger partial charge >= 0.3 is 11.9 Å². The molecule has 1 aliphatic rings. The number of hydrogen-bond acceptors (Lipinski definition) is 4. The predicted octanol–water partition coefficient (Wildman–Crippen LogP) is 3.02. The molecule has 1 aromatic carbocycles. The van der Waals surface area contributed by atoms with Crippen molar-refractivity contribution in [2.45, 2.75) is 32.5 Å². The number of esters is 2. The van der Waals surface area contributed by atoms with Gasteiger partial charge in [0.15, 0.2) is 0 Å². The molecular formula is C15H14F2O4. The molecule has 0 bridgehead atoms. The lowest BCUT2D eigenvalue weighted by Crippen LogP contribution is -2.41. The van der Waals surface area contributed by atoms with E-state index in [-0.39, 0.29) is 11.1 Å². The third kappa shape index (κ3) is 3.45. The molecule has 1 aliphatic heterocycles. The molecule has 1 fully saturated rings. The van der Waals surface area contributed by atoms with Gasteiger partial charge in [-0.1, -0.05) is 24.3 Å². The Hall–Kier alpha value is -2.24. The summed E-state index contributed by atoms with van der Waals surface area (Å²) in [6.45, 7) is 3.67. The normalized spacial score (nSPS) is 18.0. The van der Waals surface area contributed by atoms with E-state index in [4.69, 9.17) is 9.47 Å². The summed E-state index contributed by atoms with van der Waals surface area (Å²) in [5.41, 5.74) is -0.00322. The van der Waals surface area contributed by atoms with Gasteiger partial charge in [0.1, 0.15) is 5.57 Å². The topological polar surface area (TPSA) is 52.6 Å². The summed E-state index contributed by atoms with van der Waals surface area (Å²) in [6.07, 6.45) is 1.25. The Morgan fingerprint density at radius 1 is 1.05 bits per heavy atom. The van der Waals surface area contributed by atoms with E-state index in [0.29, 0.717) is 5.56 Å². The Balaban J connectivity index is 2.28. The Morgan fingerprint density at radius 3 is 1.95 bits per heavy atom. The number of halogens is 2. The van der Waals surface area contributed by atoms with Crippen LogP contribution in [0.3, 0.4) is 0 Å². The van der Waals surface area contributed by atoms with Crippen LogP contribution >= 0.6 is 0 Å². The zero-order valence-electron chi connectivity index (χ0n) is 11.8. The maximum absolute atomic E-state index is 13.1. The van der Waals surface area contributed by atoms with Crippen molar-refractivity contribution in [3.8, 4) is 0 Å². The molecule has 1 saturated heterocycles. The predicted molar refractivity (Wildman–Crippen MR) is 70.3 cm³/mol. The number of rotatable bonds is 2. The van der Waals surface area contributed by atoms with Gasteiger partial charge in [-0.3, -0.25) is 0 Å². The summed E-state index contributed by atoms with van der Waals surface area (Å²) >= 11 is 0. The maximum atomic E-state index is 13.1. The first-order valence-electron chi connectivity index (χ1n) is 6.25. The zero-order valence-corrected chi connectivity index (χ0v) is 11.8. The lowest BCUT2D eigenvalue weighted by molar-refractivity contribution is -0.222. The highest BCUT2D eigenvalue weighted by molar-refractivity contribution is 6.18. The summed E-state index contributed by atoms with van der Waals surface area (Å²) in [7, 11) is 0. The molecule has 0 radical (unpaired) electrons. The summed E-state index contributed by atoms with van der Waals surface area (Å²) < 4.78 is 36.1. The van der Waals surface area contributed by atoms with Crippen LogP contribution in [0.25, 0.3) is 6.08 Å². The highest BCUT2D eigenvalue weighted by Gasteiger charge is 2.38. The van der Waals surface area contributed by atoms with E-state index in [0.717, 1.165) is 6.92 Å². The molecule has 112 valence electrons. The molecule has 4 nitrogen and oxygen atoms in total. The van der Waals surface area contributed by atoms with Crippen LogP contribution in [0.1, 0.15) is 31.9 Å². The van der Waals surface area contributed by atoms with Crippen molar-refractivity contribution in [1.82, 2.24) is 0 Å². The van der Waals surface area contributed by atoms with Gasteiger partial charge in [-0.05, 0) is 11.6 Å². The first-order chi connectivity index (χ1) is 9.58. The van der Waals surface area contributed by atoms with Crippen LogP contribution in [0, 0.1) is 0 Å². The van der Waals surface area contributed by atoms with E-state index >= 15 is 0 Å². The monoisotopic (exact) mass is 296 g/mol. The van der Waals surface area contributed by atoms with Crippen LogP contribution in [0.15, 0.2) is 29.8 Å². The van der Waals surface area contributed by atoms with Crippen LogP contribution in [0.4, 0.5) is 8.78 Å². The molecule has 21 heavy (non-hydrogen) atoms. The molecule has 0 amide bonds.